The molecule has 0 aromatic heterocycles. The molecule has 40 atom stereocenters. The Kier molecular flexibility index (Phi) is 32.3. The van der Waals surface area contributed by atoms with E-state index in [9.17, 15) is 147 Å². The standard InChI is InChI=1S/C56H94N4O47S2/c1-13(66)57-25-35(76)43(20(8-64)94-49(25)84)102-51-27(59-15(3)68)36(77)44(21(9-65)98-51)103-54-42(83)46(33(74)22(100-54)10-91-55-47(39(80)30(71)18(6-62)96-55)106-50-26(58-14(2)67)34(75)32(73)23(99-50)11-92-108(85,86)87)105-56-48(40(81)31(72)19(7-63)97-56)107-52-28(60-16(4)69)37(78)45(24(101-52)12-93-109(88,89)90)104-53-41(82)38(79)29(70)17(5-61)95-53/h17-56,61-65,70-84H,5-12H2,1-4H3,(H,57,66)(H,58,67)(H,59,68)(H,60,69)(H,85,86,87)(H,88,89,90)/t17-,18-,19-,20-,21-,22-,23-,24-,25-,26-,27-,28-,29+,30-,31-,32-,33-,34-,35-,36-,37-,38+,39+,40+,41-,42+,43-,44-,45-,46+,47+,48+,49-,50+,51+,52+,53+,54+,55+,56-/m1/s1. The van der Waals surface area contributed by atoms with Gasteiger partial charge in [0, 0.05) is 27.7 Å². The Balaban J connectivity index is 1.17. The van der Waals surface area contributed by atoms with Crippen LogP contribution in [0, 0.1) is 0 Å². The van der Waals surface area contributed by atoms with Crippen molar-refractivity contribution in [3.8, 4) is 0 Å². The van der Waals surface area contributed by atoms with E-state index in [0.29, 0.717) is 0 Å². The summed E-state index contributed by atoms with van der Waals surface area (Å²) >= 11 is 0. The summed E-state index contributed by atoms with van der Waals surface area (Å²) in [5.74, 6) is -3.78. The van der Waals surface area contributed by atoms with Gasteiger partial charge in [0.25, 0.3) is 0 Å². The van der Waals surface area contributed by atoms with Crippen molar-refractivity contribution in [3.63, 3.8) is 0 Å². The first-order valence-corrected chi connectivity index (χ1v) is 36.2. The van der Waals surface area contributed by atoms with Gasteiger partial charge in [-0.2, -0.15) is 16.8 Å². The molecular weight excluding hydrogens is 1540 g/mol. The van der Waals surface area contributed by atoms with Gasteiger partial charge in [-0.15, -0.1) is 0 Å². The minimum absolute atomic E-state index is 0.805. The first-order valence-electron chi connectivity index (χ1n) is 33.4. The van der Waals surface area contributed by atoms with E-state index < -0.39 is 343 Å². The van der Waals surface area contributed by atoms with E-state index in [4.69, 9.17) is 71.1 Å². The van der Waals surface area contributed by atoms with Crippen molar-refractivity contribution >= 4 is 44.4 Å². The molecule has 8 saturated heterocycles. The first kappa shape index (κ1) is 90.8. The smallest absolute Gasteiger partial charge is 0.394 e. The lowest BCUT2D eigenvalue weighted by atomic mass is 9.93. The molecule has 51 nitrogen and oxygen atoms in total. The molecule has 53 heteroatoms. The predicted molar refractivity (Wildman–Crippen MR) is 332 cm³/mol. The molecule has 0 aromatic carbocycles. The summed E-state index contributed by atoms with van der Waals surface area (Å²) in [5.41, 5.74) is 0. The quantitative estimate of drug-likeness (QED) is 0.0297. The van der Waals surface area contributed by atoms with Crippen LogP contribution >= 0.6 is 0 Å². The topological polar surface area (TPSA) is 787 Å². The van der Waals surface area contributed by atoms with E-state index in [-0.39, 0.29) is 0 Å². The van der Waals surface area contributed by atoms with Gasteiger partial charge in [-0.3, -0.25) is 28.3 Å². The summed E-state index contributed by atoms with van der Waals surface area (Å²) in [6.07, 6.45) is -79.1. The summed E-state index contributed by atoms with van der Waals surface area (Å²) in [4.78, 5) is 50.5. The molecule has 8 aliphatic rings. The molecular formula is C56H94N4O47S2. The van der Waals surface area contributed by atoms with Crippen LogP contribution in [0.2, 0.25) is 0 Å². The molecule has 4 amide bonds. The zero-order valence-corrected chi connectivity index (χ0v) is 59.2. The summed E-state index contributed by atoms with van der Waals surface area (Å²) in [7, 11) is -10.8. The fourth-order valence-corrected chi connectivity index (χ4v) is 13.9. The van der Waals surface area contributed by atoms with Crippen LogP contribution in [0.15, 0.2) is 0 Å². The van der Waals surface area contributed by atoms with E-state index in [1.807, 2.05) is 0 Å². The van der Waals surface area contributed by atoms with Crippen LogP contribution in [0.4, 0.5) is 0 Å². The number of aliphatic hydroxyl groups excluding tert-OH is 20. The SMILES string of the molecule is CC(=O)N[C@@H]1[C@@H](O)[C@H](O[C@@H]2O[C@H](CO)[C@@H](O[C@@H]3O[C@H](CO[C@H]4O[C@H](CO)[C@@H](O)[C@H](O)[C@@H]4O[C@@H]4O[C@H](COS(=O)(=O)O)[C@@H](O)[C@H](O)[C@H]4NC(C)=O)[C@@H](O)[C@H](O[C@H]4O[C@H](CO)[C@@H](O)[C@H](O)[C@@H]4O[C@@H]4O[C@H](COS(=O)(=O)O)[C@@H](O[C@@H]5O[C@H](CO)[C@H](O)[C@H](O)[C@H]5O)[C@H](O)[C@H]4NC(C)=O)[C@@H]3O)[C@H](O)[C@H]2NC(C)=O)[C@@H](CO)O[C@H]1O. The predicted octanol–water partition coefficient (Wildman–Crippen LogP) is -18.2. The largest absolute Gasteiger partial charge is 0.397 e. The maximum Gasteiger partial charge on any atom is 0.397 e. The highest BCUT2D eigenvalue weighted by Gasteiger charge is 2.60. The van der Waals surface area contributed by atoms with E-state index in [0.717, 1.165) is 27.7 Å². The van der Waals surface area contributed by atoms with Crippen LogP contribution in [0.5, 0.6) is 0 Å². The van der Waals surface area contributed by atoms with Gasteiger partial charge < -0.3 is 194 Å². The van der Waals surface area contributed by atoms with Crippen molar-refractivity contribution in [2.24, 2.45) is 0 Å². The third-order valence-corrected chi connectivity index (χ3v) is 19.5. The third kappa shape index (κ3) is 21.9. The maximum atomic E-state index is 13.0. The van der Waals surface area contributed by atoms with Gasteiger partial charge in [-0.25, -0.2) is 8.37 Å². The lowest BCUT2D eigenvalue weighted by molar-refractivity contribution is -0.398. The number of amides is 4. The maximum absolute atomic E-state index is 13.0. The van der Waals surface area contributed by atoms with Gasteiger partial charge in [0.1, 0.15) is 195 Å². The van der Waals surface area contributed by atoms with Gasteiger partial charge in [-0.05, 0) is 0 Å². The average molecular weight is 1640 g/mol. The fourth-order valence-electron chi connectivity index (χ4n) is 13.2. The number of rotatable bonds is 30. The number of hydrogen-bond acceptors (Lipinski definition) is 45. The normalized spacial score (nSPS) is 46.0. The highest BCUT2D eigenvalue weighted by atomic mass is 32.3. The van der Waals surface area contributed by atoms with Crippen molar-refractivity contribution in [1.82, 2.24) is 21.3 Å². The second-order valence-electron chi connectivity index (χ2n) is 26.4. The molecule has 8 fully saturated rings. The highest BCUT2D eigenvalue weighted by Crippen LogP contribution is 2.39. The summed E-state index contributed by atoms with van der Waals surface area (Å²) < 4.78 is 163. The van der Waals surface area contributed by atoms with E-state index in [1.54, 1.807) is 0 Å². The highest BCUT2D eigenvalue weighted by molar-refractivity contribution is 7.81. The number of carbonyl (C=O) groups is 4. The summed E-state index contributed by atoms with van der Waals surface area (Å²) in [6.45, 7) is -5.95. The molecule has 0 aromatic rings. The van der Waals surface area contributed by atoms with Crippen molar-refractivity contribution in [2.75, 3.05) is 52.9 Å². The van der Waals surface area contributed by atoms with Crippen molar-refractivity contribution in [1.29, 1.82) is 0 Å². The number of aliphatic hydroxyl groups is 20. The minimum atomic E-state index is -5.50. The molecule has 0 unspecified atom stereocenters. The molecule has 8 heterocycles. The molecule has 8 rings (SSSR count). The summed E-state index contributed by atoms with van der Waals surface area (Å²) in [5, 5.41) is 233. The Morgan fingerprint density at radius 3 is 1.05 bits per heavy atom. The van der Waals surface area contributed by atoms with E-state index in [1.165, 1.54) is 0 Å². The lowest BCUT2D eigenvalue weighted by Gasteiger charge is -2.51. The van der Waals surface area contributed by atoms with Gasteiger partial charge in [0.05, 0.1) is 52.9 Å². The Hall–Kier alpha value is -3.78. The van der Waals surface area contributed by atoms with Crippen molar-refractivity contribution in [2.45, 2.75) is 273 Å². The molecule has 109 heavy (non-hydrogen) atoms. The third-order valence-electron chi connectivity index (χ3n) is 18.7. The lowest BCUT2D eigenvalue weighted by Crippen LogP contribution is -2.71. The van der Waals surface area contributed by atoms with E-state index >= 15 is 0 Å². The van der Waals surface area contributed by atoms with Crippen LogP contribution in [-0.4, -0.2) is 450 Å². The van der Waals surface area contributed by atoms with Crippen LogP contribution in [0.25, 0.3) is 0 Å². The van der Waals surface area contributed by atoms with Crippen molar-refractivity contribution in [3.05, 3.63) is 0 Å². The number of nitrogens with one attached hydrogen (secondary N) is 4. The molecule has 0 saturated carbocycles. The number of hydrogen-bond donors (Lipinski definition) is 26. The minimum Gasteiger partial charge on any atom is -0.394 e. The second kappa shape index (κ2) is 38.8. The number of carbonyl (C=O) groups excluding carboxylic acids is 4. The Labute approximate surface area is 616 Å². The molecule has 0 spiro atoms. The molecule has 0 bridgehead atoms. The molecule has 26 N–H and O–H groups in total. The number of ether oxygens (including phenoxy) is 15. The average Bonchev–Trinajstić information content (AvgIpc) is 0.770. The van der Waals surface area contributed by atoms with Gasteiger partial charge in [-0.1, -0.05) is 0 Å². The van der Waals surface area contributed by atoms with Gasteiger partial charge >= 0.3 is 20.8 Å². The Morgan fingerprint density at radius 1 is 0.284 bits per heavy atom. The summed E-state index contributed by atoms with van der Waals surface area (Å²) in [6, 6.07) is -7.65. The zero-order chi connectivity index (χ0) is 80.9. The van der Waals surface area contributed by atoms with E-state index in [2.05, 4.69) is 29.6 Å². The molecule has 0 aliphatic carbocycles. The van der Waals surface area contributed by atoms with Gasteiger partial charge in [0.2, 0.25) is 23.6 Å². The van der Waals surface area contributed by atoms with Crippen LogP contribution < -0.4 is 21.3 Å². The second-order valence-corrected chi connectivity index (χ2v) is 28.6. The van der Waals surface area contributed by atoms with Crippen LogP contribution in [0.1, 0.15) is 27.7 Å². The first-order chi connectivity index (χ1) is 51.1. The molecule has 8 aliphatic heterocycles. The van der Waals surface area contributed by atoms with Crippen molar-refractivity contribution < 1.29 is 227 Å². The zero-order valence-electron chi connectivity index (χ0n) is 57.6. The Morgan fingerprint density at radius 2 is 0.587 bits per heavy atom. The Bertz CT molecular complexity index is 3180. The monoisotopic (exact) mass is 1640 g/mol. The molecule has 632 valence electrons. The van der Waals surface area contributed by atoms with Crippen LogP contribution in [-0.2, 0) is 119 Å². The van der Waals surface area contributed by atoms with Gasteiger partial charge in [0.15, 0.2) is 50.3 Å². The molecule has 0 radical (unpaired) electrons. The fraction of sp³-hybridized carbons (Fsp3) is 0.929. The van der Waals surface area contributed by atoms with Crippen LogP contribution in [0.3, 0.4) is 0 Å².